The van der Waals surface area contributed by atoms with E-state index in [-0.39, 0.29) is 24.1 Å². The molecule has 0 aromatic carbocycles. The van der Waals surface area contributed by atoms with Gasteiger partial charge in [0.2, 0.25) is 0 Å². The molecule has 114 valence electrons. The fraction of sp³-hybridized carbons (Fsp3) is 0.571. The van der Waals surface area contributed by atoms with E-state index in [0.717, 1.165) is 12.8 Å². The predicted octanol–water partition coefficient (Wildman–Crippen LogP) is 0.758. The zero-order valence-electron chi connectivity index (χ0n) is 12.3. The van der Waals surface area contributed by atoms with Gasteiger partial charge in [0.1, 0.15) is 6.54 Å². The molecule has 0 spiro atoms. The molecule has 0 unspecified atom stereocenters. The van der Waals surface area contributed by atoms with Gasteiger partial charge in [-0.15, -0.1) is 10.2 Å². The lowest BCUT2D eigenvalue weighted by molar-refractivity contribution is -0.141. The second kappa shape index (κ2) is 7.01. The minimum Gasteiger partial charge on any atom is -0.465 e. The summed E-state index contributed by atoms with van der Waals surface area (Å²) in [7, 11) is 0. The SMILES string of the molecule is CCNC(=O)c1ccc(N(CC(=O)OCC)C2CC2)nn1. The summed E-state index contributed by atoms with van der Waals surface area (Å²) in [5.74, 6) is 0.0671. The summed E-state index contributed by atoms with van der Waals surface area (Å²) in [4.78, 5) is 25.2. The number of rotatable bonds is 7. The number of esters is 1. The first kappa shape index (κ1) is 15.2. The summed E-state index contributed by atoms with van der Waals surface area (Å²) in [6.45, 7) is 4.68. The fourth-order valence-corrected chi connectivity index (χ4v) is 1.98. The van der Waals surface area contributed by atoms with Gasteiger partial charge in [0, 0.05) is 12.6 Å². The highest BCUT2D eigenvalue weighted by Crippen LogP contribution is 2.30. The molecule has 1 saturated carbocycles. The van der Waals surface area contributed by atoms with E-state index in [1.807, 2.05) is 11.8 Å². The van der Waals surface area contributed by atoms with Crippen molar-refractivity contribution in [3.05, 3.63) is 17.8 Å². The maximum Gasteiger partial charge on any atom is 0.325 e. The lowest BCUT2D eigenvalue weighted by atomic mass is 10.3. The third kappa shape index (κ3) is 4.14. The van der Waals surface area contributed by atoms with Gasteiger partial charge in [0.15, 0.2) is 11.5 Å². The second-order valence-electron chi connectivity index (χ2n) is 4.80. The average Bonchev–Trinajstić information content (AvgIpc) is 3.30. The molecule has 7 nitrogen and oxygen atoms in total. The first-order valence-electron chi connectivity index (χ1n) is 7.19. The van der Waals surface area contributed by atoms with Gasteiger partial charge in [-0.05, 0) is 38.8 Å². The topological polar surface area (TPSA) is 84.4 Å². The number of hydrogen-bond donors (Lipinski definition) is 1. The Bertz CT molecular complexity index is 499. The standard InChI is InChI=1S/C14H20N4O3/c1-3-15-14(20)11-7-8-12(17-16-11)18(10-5-6-10)9-13(19)21-4-2/h7-8,10H,3-6,9H2,1-2H3,(H,15,20). The predicted molar refractivity (Wildman–Crippen MR) is 77.0 cm³/mol. The normalized spacial score (nSPS) is 13.6. The van der Waals surface area contributed by atoms with Crippen LogP contribution >= 0.6 is 0 Å². The number of anilines is 1. The highest BCUT2D eigenvalue weighted by atomic mass is 16.5. The number of hydrogen-bond acceptors (Lipinski definition) is 6. The molecule has 2 rings (SSSR count). The van der Waals surface area contributed by atoms with Crippen molar-refractivity contribution in [3.63, 3.8) is 0 Å². The summed E-state index contributed by atoms with van der Waals surface area (Å²) in [5.41, 5.74) is 0.271. The van der Waals surface area contributed by atoms with Gasteiger partial charge in [-0.3, -0.25) is 9.59 Å². The third-order valence-electron chi connectivity index (χ3n) is 3.11. The van der Waals surface area contributed by atoms with Crippen LogP contribution in [0.2, 0.25) is 0 Å². The Morgan fingerprint density at radius 1 is 1.33 bits per heavy atom. The maximum atomic E-state index is 11.6. The Morgan fingerprint density at radius 2 is 2.10 bits per heavy atom. The quantitative estimate of drug-likeness (QED) is 0.747. The summed E-state index contributed by atoms with van der Waals surface area (Å²) in [5, 5.41) is 10.7. The van der Waals surface area contributed by atoms with Crippen LogP contribution in [-0.2, 0) is 9.53 Å². The number of carbonyl (C=O) groups excluding carboxylic acids is 2. The Hall–Kier alpha value is -2.18. The van der Waals surface area contributed by atoms with E-state index >= 15 is 0 Å². The Labute approximate surface area is 123 Å². The van der Waals surface area contributed by atoms with E-state index in [1.165, 1.54) is 0 Å². The van der Waals surface area contributed by atoms with Crippen LogP contribution < -0.4 is 10.2 Å². The molecule has 1 fully saturated rings. The molecular formula is C14H20N4O3. The van der Waals surface area contributed by atoms with Gasteiger partial charge in [-0.1, -0.05) is 0 Å². The molecule has 0 saturated heterocycles. The average molecular weight is 292 g/mol. The van der Waals surface area contributed by atoms with Gasteiger partial charge in [-0.25, -0.2) is 0 Å². The van der Waals surface area contributed by atoms with Crippen molar-refractivity contribution in [2.24, 2.45) is 0 Å². The summed E-state index contributed by atoms with van der Waals surface area (Å²) >= 11 is 0. The van der Waals surface area contributed by atoms with Gasteiger partial charge in [0.25, 0.3) is 5.91 Å². The van der Waals surface area contributed by atoms with E-state index in [9.17, 15) is 9.59 Å². The van der Waals surface area contributed by atoms with Crippen LogP contribution in [0.15, 0.2) is 12.1 Å². The molecule has 1 amide bonds. The van der Waals surface area contributed by atoms with Crippen molar-refractivity contribution in [3.8, 4) is 0 Å². The van der Waals surface area contributed by atoms with Crippen LogP contribution in [0, 0.1) is 0 Å². The number of carbonyl (C=O) groups is 2. The molecular weight excluding hydrogens is 272 g/mol. The van der Waals surface area contributed by atoms with E-state index in [1.54, 1.807) is 19.1 Å². The summed E-state index contributed by atoms with van der Waals surface area (Å²) < 4.78 is 4.97. The van der Waals surface area contributed by atoms with Crippen molar-refractivity contribution in [1.29, 1.82) is 0 Å². The third-order valence-corrected chi connectivity index (χ3v) is 3.11. The highest BCUT2D eigenvalue weighted by molar-refractivity contribution is 5.92. The van der Waals surface area contributed by atoms with E-state index in [2.05, 4.69) is 15.5 Å². The van der Waals surface area contributed by atoms with Gasteiger partial charge in [0.05, 0.1) is 6.61 Å². The van der Waals surface area contributed by atoms with Crippen molar-refractivity contribution in [1.82, 2.24) is 15.5 Å². The summed E-state index contributed by atoms with van der Waals surface area (Å²) in [6, 6.07) is 3.64. The molecule has 1 N–H and O–H groups in total. The number of aromatic nitrogens is 2. The first-order valence-corrected chi connectivity index (χ1v) is 7.19. The molecule has 7 heteroatoms. The fourth-order valence-electron chi connectivity index (χ4n) is 1.98. The lowest BCUT2D eigenvalue weighted by Crippen LogP contribution is -2.34. The Kier molecular flexibility index (Phi) is 5.08. The number of nitrogens with one attached hydrogen (secondary N) is 1. The molecule has 0 radical (unpaired) electrons. The van der Waals surface area contributed by atoms with Crippen LogP contribution in [0.25, 0.3) is 0 Å². The van der Waals surface area contributed by atoms with Gasteiger partial charge >= 0.3 is 5.97 Å². The summed E-state index contributed by atoms with van der Waals surface area (Å²) in [6.07, 6.45) is 2.05. The largest absolute Gasteiger partial charge is 0.465 e. The maximum absolute atomic E-state index is 11.6. The number of amides is 1. The van der Waals surface area contributed by atoms with E-state index < -0.39 is 0 Å². The zero-order valence-corrected chi connectivity index (χ0v) is 12.3. The Balaban J connectivity index is 2.06. The smallest absolute Gasteiger partial charge is 0.325 e. The van der Waals surface area contributed by atoms with E-state index in [0.29, 0.717) is 25.0 Å². The van der Waals surface area contributed by atoms with Crippen LogP contribution in [-0.4, -0.2) is 47.8 Å². The van der Waals surface area contributed by atoms with Crippen LogP contribution in [0.3, 0.4) is 0 Å². The van der Waals surface area contributed by atoms with Crippen LogP contribution in [0.5, 0.6) is 0 Å². The monoisotopic (exact) mass is 292 g/mol. The van der Waals surface area contributed by atoms with E-state index in [4.69, 9.17) is 4.74 Å². The first-order chi connectivity index (χ1) is 10.2. The molecule has 0 bridgehead atoms. The zero-order chi connectivity index (χ0) is 15.2. The lowest BCUT2D eigenvalue weighted by Gasteiger charge is -2.21. The van der Waals surface area contributed by atoms with Crippen LogP contribution in [0.1, 0.15) is 37.2 Å². The van der Waals surface area contributed by atoms with Crippen molar-refractivity contribution < 1.29 is 14.3 Å². The molecule has 1 heterocycles. The van der Waals surface area contributed by atoms with Gasteiger partial charge in [-0.2, -0.15) is 0 Å². The number of ether oxygens (including phenoxy) is 1. The molecule has 1 aromatic heterocycles. The van der Waals surface area contributed by atoms with Crippen molar-refractivity contribution in [2.75, 3.05) is 24.6 Å². The Morgan fingerprint density at radius 3 is 2.62 bits per heavy atom. The molecule has 21 heavy (non-hydrogen) atoms. The molecule has 0 aliphatic heterocycles. The molecule has 1 aliphatic rings. The van der Waals surface area contributed by atoms with Crippen molar-refractivity contribution >= 4 is 17.7 Å². The molecule has 1 aromatic rings. The molecule has 0 atom stereocenters. The van der Waals surface area contributed by atoms with Crippen molar-refractivity contribution in [2.45, 2.75) is 32.7 Å². The minimum atomic E-state index is -0.279. The highest BCUT2D eigenvalue weighted by Gasteiger charge is 2.32. The van der Waals surface area contributed by atoms with Crippen LogP contribution in [0.4, 0.5) is 5.82 Å². The minimum absolute atomic E-state index is 0.160. The second-order valence-corrected chi connectivity index (χ2v) is 4.80. The number of nitrogens with zero attached hydrogens (tertiary/aromatic N) is 3. The molecule has 1 aliphatic carbocycles. The van der Waals surface area contributed by atoms with Gasteiger partial charge < -0.3 is 15.0 Å².